The zero-order valence-corrected chi connectivity index (χ0v) is 11.1. The third kappa shape index (κ3) is 4.61. The molecule has 0 aromatic heterocycles. The molecule has 2 atom stereocenters. The van der Waals surface area contributed by atoms with Crippen molar-refractivity contribution < 1.29 is 9.53 Å². The van der Waals surface area contributed by atoms with E-state index in [9.17, 15) is 4.79 Å². The first-order valence-electron chi connectivity index (χ1n) is 5.67. The van der Waals surface area contributed by atoms with Gasteiger partial charge in [-0.15, -0.1) is 0 Å². The minimum absolute atomic E-state index is 0.333. The van der Waals surface area contributed by atoms with Crippen molar-refractivity contribution in [2.75, 3.05) is 24.6 Å². The molecule has 0 spiro atoms. The number of ether oxygens (including phenoxy) is 1. The van der Waals surface area contributed by atoms with Crippen LogP contribution in [0.3, 0.4) is 0 Å². The van der Waals surface area contributed by atoms with E-state index in [1.165, 1.54) is 0 Å². The van der Waals surface area contributed by atoms with Gasteiger partial charge in [-0.1, -0.05) is 0 Å². The highest BCUT2D eigenvalue weighted by Crippen LogP contribution is 2.28. The van der Waals surface area contributed by atoms with Crippen LogP contribution in [-0.4, -0.2) is 36.3 Å². The van der Waals surface area contributed by atoms with Gasteiger partial charge in [0.15, 0.2) is 0 Å². The Morgan fingerprint density at radius 3 is 2.62 bits per heavy atom. The number of carbonyl (C=O) groups excluding carboxylic acids is 1. The summed E-state index contributed by atoms with van der Waals surface area (Å²) in [4.78, 5) is 11.4. The van der Waals surface area contributed by atoms with E-state index in [1.54, 1.807) is 0 Å². The van der Waals surface area contributed by atoms with Crippen LogP contribution in [0.25, 0.3) is 0 Å². The van der Waals surface area contributed by atoms with E-state index in [1.807, 2.05) is 32.5 Å². The molecule has 1 heterocycles. The van der Waals surface area contributed by atoms with Crippen molar-refractivity contribution in [2.45, 2.75) is 26.4 Å². The van der Waals surface area contributed by atoms with Gasteiger partial charge in [0.1, 0.15) is 5.60 Å². The summed E-state index contributed by atoms with van der Waals surface area (Å²) in [7, 11) is 0. The molecule has 1 fully saturated rings. The van der Waals surface area contributed by atoms with Crippen LogP contribution in [-0.2, 0) is 4.74 Å². The molecule has 5 heteroatoms. The molecular weight excluding hydrogens is 224 g/mol. The fourth-order valence-electron chi connectivity index (χ4n) is 1.66. The van der Waals surface area contributed by atoms with E-state index in [4.69, 9.17) is 10.5 Å². The average Bonchev–Trinajstić information content (AvgIpc) is 2.59. The molecule has 1 rings (SSSR count). The molecule has 94 valence electrons. The molecule has 2 unspecified atom stereocenters. The van der Waals surface area contributed by atoms with Crippen LogP contribution in [0.5, 0.6) is 0 Å². The molecular formula is C11H22N2O2S. The maximum Gasteiger partial charge on any atom is 0.407 e. The van der Waals surface area contributed by atoms with Crippen molar-refractivity contribution in [2.24, 2.45) is 17.6 Å². The smallest absolute Gasteiger partial charge is 0.407 e. The average molecular weight is 246 g/mol. The maximum atomic E-state index is 11.4. The lowest BCUT2D eigenvalue weighted by atomic mass is 9.96. The third-order valence-corrected chi connectivity index (χ3v) is 3.87. The zero-order chi connectivity index (χ0) is 12.2. The first-order chi connectivity index (χ1) is 7.42. The number of hydrogen-bond donors (Lipinski definition) is 2. The van der Waals surface area contributed by atoms with Gasteiger partial charge in [0, 0.05) is 6.54 Å². The summed E-state index contributed by atoms with van der Waals surface area (Å²) >= 11 is 1.91. The number of alkyl carbamates (subject to hydrolysis) is 1. The van der Waals surface area contributed by atoms with E-state index >= 15 is 0 Å². The SMILES string of the molecule is CC(C)(C)OC(=O)NCC1CSCC1CN. The Bertz CT molecular complexity index is 241. The lowest BCUT2D eigenvalue weighted by molar-refractivity contribution is 0.0517. The number of thioether (sulfide) groups is 1. The second kappa shape index (κ2) is 5.77. The highest BCUT2D eigenvalue weighted by Gasteiger charge is 2.27. The van der Waals surface area contributed by atoms with Gasteiger partial charge >= 0.3 is 6.09 Å². The third-order valence-electron chi connectivity index (χ3n) is 2.54. The lowest BCUT2D eigenvalue weighted by Gasteiger charge is -2.22. The molecule has 0 aromatic carbocycles. The highest BCUT2D eigenvalue weighted by atomic mass is 32.2. The van der Waals surface area contributed by atoms with Crippen molar-refractivity contribution in [1.82, 2.24) is 5.32 Å². The lowest BCUT2D eigenvalue weighted by Crippen LogP contribution is -2.38. The summed E-state index contributed by atoms with van der Waals surface area (Å²) in [6.45, 7) is 6.96. The minimum Gasteiger partial charge on any atom is -0.444 e. The zero-order valence-electron chi connectivity index (χ0n) is 10.3. The van der Waals surface area contributed by atoms with Crippen LogP contribution in [0.2, 0.25) is 0 Å². The van der Waals surface area contributed by atoms with E-state index < -0.39 is 5.60 Å². The molecule has 0 aliphatic carbocycles. The molecule has 1 aliphatic heterocycles. The largest absolute Gasteiger partial charge is 0.444 e. The first kappa shape index (κ1) is 13.6. The molecule has 4 nitrogen and oxygen atoms in total. The van der Waals surface area contributed by atoms with E-state index in [-0.39, 0.29) is 6.09 Å². The van der Waals surface area contributed by atoms with Crippen LogP contribution in [0.1, 0.15) is 20.8 Å². The van der Waals surface area contributed by atoms with E-state index in [0.717, 1.165) is 11.5 Å². The van der Waals surface area contributed by atoms with Gasteiger partial charge in [0.25, 0.3) is 0 Å². The van der Waals surface area contributed by atoms with Crippen molar-refractivity contribution in [3.63, 3.8) is 0 Å². The Morgan fingerprint density at radius 1 is 1.44 bits per heavy atom. The highest BCUT2D eigenvalue weighted by molar-refractivity contribution is 7.99. The minimum atomic E-state index is -0.429. The summed E-state index contributed by atoms with van der Waals surface area (Å²) < 4.78 is 5.18. The Hall–Kier alpha value is -0.420. The second-order valence-corrected chi connectivity index (χ2v) is 6.25. The molecule has 16 heavy (non-hydrogen) atoms. The van der Waals surface area contributed by atoms with Crippen molar-refractivity contribution in [3.05, 3.63) is 0 Å². The maximum absolute atomic E-state index is 11.4. The van der Waals surface area contributed by atoms with Crippen molar-refractivity contribution in [1.29, 1.82) is 0 Å². The van der Waals surface area contributed by atoms with Crippen LogP contribution < -0.4 is 11.1 Å². The van der Waals surface area contributed by atoms with Crippen molar-refractivity contribution in [3.8, 4) is 0 Å². The molecule has 0 saturated carbocycles. The Morgan fingerprint density at radius 2 is 2.06 bits per heavy atom. The number of carbonyl (C=O) groups is 1. The van der Waals surface area contributed by atoms with E-state index in [2.05, 4.69) is 5.32 Å². The predicted octanol–water partition coefficient (Wildman–Crippen LogP) is 1.45. The van der Waals surface area contributed by atoms with Crippen LogP contribution in [0.4, 0.5) is 4.79 Å². The second-order valence-electron chi connectivity index (χ2n) is 5.18. The van der Waals surface area contributed by atoms with Crippen molar-refractivity contribution >= 4 is 17.9 Å². The van der Waals surface area contributed by atoms with Crippen LogP contribution in [0.15, 0.2) is 0 Å². The predicted molar refractivity (Wildman–Crippen MR) is 67.6 cm³/mol. The van der Waals surface area contributed by atoms with E-state index in [0.29, 0.717) is 24.9 Å². The molecule has 0 radical (unpaired) electrons. The number of rotatable bonds is 3. The fraction of sp³-hybridized carbons (Fsp3) is 0.909. The number of nitrogens with one attached hydrogen (secondary N) is 1. The quantitative estimate of drug-likeness (QED) is 0.791. The van der Waals surface area contributed by atoms with Crippen LogP contribution in [0, 0.1) is 11.8 Å². The summed E-state index contributed by atoms with van der Waals surface area (Å²) in [5.74, 6) is 3.21. The Balaban J connectivity index is 2.26. The molecule has 1 saturated heterocycles. The fourth-order valence-corrected chi connectivity index (χ4v) is 3.20. The molecule has 3 N–H and O–H groups in total. The standard InChI is InChI=1S/C11H22N2O2S/c1-11(2,3)15-10(14)13-5-9-7-16-6-8(9)4-12/h8-9H,4-7,12H2,1-3H3,(H,13,14). The van der Waals surface area contributed by atoms with Gasteiger partial charge < -0.3 is 15.8 Å². The Kier molecular flexibility index (Phi) is 4.92. The Labute approximate surface area is 102 Å². The molecule has 0 bridgehead atoms. The van der Waals surface area contributed by atoms with Gasteiger partial charge in [-0.05, 0) is 50.7 Å². The van der Waals surface area contributed by atoms with Gasteiger partial charge in [-0.3, -0.25) is 0 Å². The van der Waals surface area contributed by atoms with Gasteiger partial charge in [-0.2, -0.15) is 11.8 Å². The van der Waals surface area contributed by atoms with Gasteiger partial charge in [0.05, 0.1) is 0 Å². The number of amides is 1. The normalized spacial score (nSPS) is 25.5. The summed E-state index contributed by atoms with van der Waals surface area (Å²) in [5, 5.41) is 2.82. The first-order valence-corrected chi connectivity index (χ1v) is 6.82. The number of nitrogens with two attached hydrogens (primary N) is 1. The summed E-state index contributed by atoms with van der Waals surface area (Å²) in [6, 6.07) is 0. The summed E-state index contributed by atoms with van der Waals surface area (Å²) in [5.41, 5.74) is 5.25. The summed E-state index contributed by atoms with van der Waals surface area (Å²) in [6.07, 6.45) is -0.333. The molecule has 0 aromatic rings. The van der Waals surface area contributed by atoms with Crippen LogP contribution >= 0.6 is 11.8 Å². The van der Waals surface area contributed by atoms with Gasteiger partial charge in [-0.25, -0.2) is 4.79 Å². The molecule has 1 amide bonds. The number of hydrogen-bond acceptors (Lipinski definition) is 4. The van der Waals surface area contributed by atoms with Gasteiger partial charge in [0.2, 0.25) is 0 Å². The topological polar surface area (TPSA) is 64.3 Å². The monoisotopic (exact) mass is 246 g/mol. The molecule has 1 aliphatic rings.